The molecule has 0 bridgehead atoms. The lowest BCUT2D eigenvalue weighted by Crippen LogP contribution is -2.61. The van der Waals surface area contributed by atoms with Crippen molar-refractivity contribution in [2.75, 3.05) is 25.0 Å². The highest BCUT2D eigenvalue weighted by molar-refractivity contribution is 6.31. The molecular formula is C21H26ClN3O2. The number of halogens is 1. The quantitative estimate of drug-likeness (QED) is 0.731. The normalized spacial score (nSPS) is 20.3. The molecule has 1 aliphatic heterocycles. The summed E-state index contributed by atoms with van der Waals surface area (Å²) in [6, 6.07) is 15.3. The van der Waals surface area contributed by atoms with E-state index in [1.165, 1.54) is 5.56 Å². The standard InChI is InChI=1S/C21H26ClN3O2/c1-16-8-9-18(12-19(16)22)23-20(27)24-21(15-26)10-5-11-25(14-21)13-17-6-3-2-4-7-17/h2-4,6-9,12,26H,5,10-11,13-15H2,1H3,(H2,23,24,27)/t21-/m1/s1. The average Bonchev–Trinajstić information content (AvgIpc) is 2.66. The molecule has 0 radical (unpaired) electrons. The Hall–Kier alpha value is -2.08. The first-order chi connectivity index (χ1) is 13.0. The van der Waals surface area contributed by atoms with Gasteiger partial charge in [-0.15, -0.1) is 0 Å². The smallest absolute Gasteiger partial charge is 0.319 e. The number of urea groups is 1. The first-order valence-corrected chi connectivity index (χ1v) is 9.60. The number of carbonyl (C=O) groups is 1. The summed E-state index contributed by atoms with van der Waals surface area (Å²) in [4.78, 5) is 14.8. The summed E-state index contributed by atoms with van der Waals surface area (Å²) in [6.07, 6.45) is 1.67. The number of carbonyl (C=O) groups excluding carboxylic acids is 1. The number of rotatable bonds is 5. The minimum absolute atomic E-state index is 0.0969. The van der Waals surface area contributed by atoms with Crippen molar-refractivity contribution in [2.24, 2.45) is 0 Å². The van der Waals surface area contributed by atoms with Crippen LogP contribution in [0.3, 0.4) is 0 Å². The topological polar surface area (TPSA) is 64.6 Å². The van der Waals surface area contributed by atoms with Crippen molar-refractivity contribution in [3.8, 4) is 0 Å². The molecular weight excluding hydrogens is 362 g/mol. The molecule has 1 fully saturated rings. The predicted octanol–water partition coefficient (Wildman–Crippen LogP) is 3.80. The molecule has 2 aromatic rings. The molecule has 3 N–H and O–H groups in total. The third-order valence-electron chi connectivity index (χ3n) is 5.02. The Bertz CT molecular complexity index is 784. The number of aliphatic hydroxyl groups is 1. The second-order valence-corrected chi connectivity index (χ2v) is 7.69. The molecule has 27 heavy (non-hydrogen) atoms. The summed E-state index contributed by atoms with van der Waals surface area (Å²) >= 11 is 6.12. The molecule has 3 rings (SSSR count). The first kappa shape index (κ1) is 19.7. The van der Waals surface area contributed by atoms with Gasteiger partial charge in [-0.25, -0.2) is 4.79 Å². The Morgan fingerprint density at radius 2 is 2.04 bits per heavy atom. The van der Waals surface area contributed by atoms with Gasteiger partial charge in [0, 0.05) is 23.8 Å². The van der Waals surface area contributed by atoms with Gasteiger partial charge in [0.05, 0.1) is 12.1 Å². The van der Waals surface area contributed by atoms with Crippen LogP contribution in [0.5, 0.6) is 0 Å². The minimum Gasteiger partial charge on any atom is -0.394 e. The molecule has 1 saturated heterocycles. The monoisotopic (exact) mass is 387 g/mol. The molecule has 0 aromatic heterocycles. The first-order valence-electron chi connectivity index (χ1n) is 9.22. The fourth-order valence-corrected chi connectivity index (χ4v) is 3.73. The zero-order chi connectivity index (χ0) is 19.3. The van der Waals surface area contributed by atoms with Crippen LogP contribution in [0.2, 0.25) is 5.02 Å². The van der Waals surface area contributed by atoms with Gasteiger partial charge in [-0.3, -0.25) is 4.90 Å². The SMILES string of the molecule is Cc1ccc(NC(=O)N[C@]2(CO)CCCN(Cc3ccccc3)C2)cc1Cl. The van der Waals surface area contributed by atoms with E-state index in [9.17, 15) is 9.90 Å². The molecule has 0 spiro atoms. The Morgan fingerprint density at radius 1 is 1.26 bits per heavy atom. The number of aliphatic hydroxyl groups excluding tert-OH is 1. The van der Waals surface area contributed by atoms with Crippen molar-refractivity contribution in [2.45, 2.75) is 31.8 Å². The van der Waals surface area contributed by atoms with E-state index in [1.54, 1.807) is 6.07 Å². The minimum atomic E-state index is -0.647. The Balaban J connectivity index is 1.63. The van der Waals surface area contributed by atoms with Crippen LogP contribution in [0, 0.1) is 6.92 Å². The number of hydrogen-bond donors (Lipinski definition) is 3. The number of anilines is 1. The van der Waals surface area contributed by atoms with E-state index < -0.39 is 5.54 Å². The van der Waals surface area contributed by atoms with Crippen LogP contribution in [0.15, 0.2) is 48.5 Å². The number of aryl methyl sites for hydroxylation is 1. The van der Waals surface area contributed by atoms with Gasteiger partial charge in [0.2, 0.25) is 0 Å². The van der Waals surface area contributed by atoms with Crippen LogP contribution < -0.4 is 10.6 Å². The van der Waals surface area contributed by atoms with Crippen LogP contribution in [0.4, 0.5) is 10.5 Å². The Morgan fingerprint density at radius 3 is 2.74 bits per heavy atom. The number of benzene rings is 2. The van der Waals surface area contributed by atoms with E-state index in [0.717, 1.165) is 31.5 Å². The van der Waals surface area contributed by atoms with E-state index >= 15 is 0 Å². The summed E-state index contributed by atoms with van der Waals surface area (Å²) < 4.78 is 0. The van der Waals surface area contributed by atoms with Gasteiger partial charge in [0.1, 0.15) is 0 Å². The van der Waals surface area contributed by atoms with Gasteiger partial charge in [-0.2, -0.15) is 0 Å². The third kappa shape index (κ3) is 5.22. The second-order valence-electron chi connectivity index (χ2n) is 7.28. The molecule has 144 valence electrons. The number of hydrogen-bond acceptors (Lipinski definition) is 3. The van der Waals surface area contributed by atoms with E-state index in [4.69, 9.17) is 11.6 Å². The average molecular weight is 388 g/mol. The molecule has 1 atom stereocenters. The van der Waals surface area contributed by atoms with Crippen molar-refractivity contribution in [3.63, 3.8) is 0 Å². The third-order valence-corrected chi connectivity index (χ3v) is 5.42. The van der Waals surface area contributed by atoms with Gasteiger partial charge in [-0.05, 0) is 49.6 Å². The largest absolute Gasteiger partial charge is 0.394 e. The van der Waals surface area contributed by atoms with Crippen LogP contribution in [0.25, 0.3) is 0 Å². The number of amides is 2. The van der Waals surface area contributed by atoms with E-state index in [2.05, 4.69) is 27.7 Å². The van der Waals surface area contributed by atoms with Crippen molar-refractivity contribution in [3.05, 3.63) is 64.7 Å². The maximum absolute atomic E-state index is 12.5. The van der Waals surface area contributed by atoms with Crippen molar-refractivity contribution < 1.29 is 9.90 Å². The van der Waals surface area contributed by atoms with Crippen LogP contribution in [0.1, 0.15) is 24.0 Å². The number of piperidine rings is 1. The Kier molecular flexibility index (Phi) is 6.37. The van der Waals surface area contributed by atoms with Gasteiger partial charge >= 0.3 is 6.03 Å². The lowest BCUT2D eigenvalue weighted by Gasteiger charge is -2.42. The highest BCUT2D eigenvalue weighted by Crippen LogP contribution is 2.24. The second kappa shape index (κ2) is 8.74. The maximum atomic E-state index is 12.5. The fraction of sp³-hybridized carbons (Fsp3) is 0.381. The lowest BCUT2D eigenvalue weighted by molar-refractivity contribution is 0.0712. The molecule has 2 aromatic carbocycles. The van der Waals surface area contributed by atoms with E-state index in [-0.39, 0.29) is 12.6 Å². The molecule has 0 saturated carbocycles. The molecule has 0 aliphatic carbocycles. The van der Waals surface area contributed by atoms with Gasteiger partial charge in [0.15, 0.2) is 0 Å². The number of nitrogens with zero attached hydrogens (tertiary/aromatic N) is 1. The number of nitrogens with one attached hydrogen (secondary N) is 2. The summed E-state index contributed by atoms with van der Waals surface area (Å²) in [7, 11) is 0. The highest BCUT2D eigenvalue weighted by atomic mass is 35.5. The van der Waals surface area contributed by atoms with Crippen molar-refractivity contribution in [1.29, 1.82) is 0 Å². The maximum Gasteiger partial charge on any atom is 0.319 e. The zero-order valence-corrected chi connectivity index (χ0v) is 16.3. The summed E-state index contributed by atoms with van der Waals surface area (Å²) in [6.45, 7) is 4.18. The van der Waals surface area contributed by atoms with Crippen molar-refractivity contribution >= 4 is 23.3 Å². The molecule has 5 nitrogen and oxygen atoms in total. The molecule has 6 heteroatoms. The molecule has 2 amide bonds. The summed E-state index contributed by atoms with van der Waals surface area (Å²) in [5, 5.41) is 16.5. The Labute approximate surface area is 165 Å². The van der Waals surface area contributed by atoms with Crippen LogP contribution >= 0.6 is 11.6 Å². The van der Waals surface area contributed by atoms with E-state index in [0.29, 0.717) is 17.3 Å². The summed E-state index contributed by atoms with van der Waals surface area (Å²) in [5.41, 5.74) is 2.17. The van der Waals surface area contributed by atoms with Crippen molar-refractivity contribution in [1.82, 2.24) is 10.2 Å². The number of likely N-dealkylation sites (tertiary alicyclic amines) is 1. The van der Waals surface area contributed by atoms with E-state index in [1.807, 2.05) is 37.3 Å². The highest BCUT2D eigenvalue weighted by Gasteiger charge is 2.36. The van der Waals surface area contributed by atoms with Gasteiger partial charge < -0.3 is 15.7 Å². The molecule has 1 aliphatic rings. The van der Waals surface area contributed by atoms with Crippen LogP contribution in [-0.2, 0) is 6.54 Å². The summed E-state index contributed by atoms with van der Waals surface area (Å²) in [5.74, 6) is 0. The zero-order valence-electron chi connectivity index (χ0n) is 15.5. The molecule has 1 heterocycles. The lowest BCUT2D eigenvalue weighted by atomic mass is 9.89. The predicted molar refractivity (Wildman–Crippen MR) is 109 cm³/mol. The fourth-order valence-electron chi connectivity index (χ4n) is 3.55. The van der Waals surface area contributed by atoms with Crippen LogP contribution in [-0.4, -0.2) is 41.3 Å². The van der Waals surface area contributed by atoms with Gasteiger partial charge in [-0.1, -0.05) is 48.0 Å². The van der Waals surface area contributed by atoms with Gasteiger partial charge in [0.25, 0.3) is 0 Å². The molecule has 0 unspecified atom stereocenters.